The van der Waals surface area contributed by atoms with Crippen molar-refractivity contribution in [3.63, 3.8) is 0 Å². The van der Waals surface area contributed by atoms with Crippen LogP contribution in [0.2, 0.25) is 0 Å². The molecule has 0 aliphatic carbocycles. The van der Waals surface area contributed by atoms with E-state index < -0.39 is 17.7 Å². The number of hydrogen-bond donors (Lipinski definition) is 3. The Kier molecular flexibility index (Phi) is 3.48. The van der Waals surface area contributed by atoms with Crippen molar-refractivity contribution in [3.8, 4) is 0 Å². The second-order valence-electron chi connectivity index (χ2n) is 3.21. The third-order valence-electron chi connectivity index (χ3n) is 1.31. The van der Waals surface area contributed by atoms with E-state index in [1.165, 1.54) is 0 Å². The molecule has 0 saturated carbocycles. The van der Waals surface area contributed by atoms with E-state index in [1.54, 1.807) is 13.8 Å². The van der Waals surface area contributed by atoms with Gasteiger partial charge in [-0.25, -0.2) is 4.79 Å². The molecule has 0 spiro atoms. The summed E-state index contributed by atoms with van der Waals surface area (Å²) in [6.07, 6.45) is -0.999. The quantitative estimate of drug-likeness (QED) is 0.543. The van der Waals surface area contributed by atoms with E-state index in [0.29, 0.717) is 0 Å². The van der Waals surface area contributed by atoms with Crippen molar-refractivity contribution in [3.05, 3.63) is 0 Å². The summed E-state index contributed by atoms with van der Waals surface area (Å²) in [4.78, 5) is 10.1. The van der Waals surface area contributed by atoms with Gasteiger partial charge in [-0.15, -0.1) is 0 Å². The lowest BCUT2D eigenvalue weighted by Gasteiger charge is -2.17. The molecule has 0 radical (unpaired) electrons. The van der Waals surface area contributed by atoms with Gasteiger partial charge in [-0.1, -0.05) is 0 Å². The lowest BCUT2D eigenvalue weighted by atomic mass is 10.0. The lowest BCUT2D eigenvalue weighted by molar-refractivity contribution is -0.147. The van der Waals surface area contributed by atoms with Gasteiger partial charge in [0, 0.05) is 0 Å². The molecule has 0 amide bonds. The van der Waals surface area contributed by atoms with E-state index in [-0.39, 0.29) is 12.8 Å². The Balaban J connectivity index is 3.63. The zero-order valence-corrected chi connectivity index (χ0v) is 6.74. The van der Waals surface area contributed by atoms with Crippen LogP contribution < -0.4 is 0 Å². The van der Waals surface area contributed by atoms with E-state index in [0.717, 1.165) is 0 Å². The Morgan fingerprint density at radius 3 is 2.27 bits per heavy atom. The molecule has 3 N–H and O–H groups in total. The van der Waals surface area contributed by atoms with Crippen LogP contribution in [-0.2, 0) is 4.79 Å². The van der Waals surface area contributed by atoms with Crippen LogP contribution in [-0.4, -0.2) is 33.0 Å². The summed E-state index contributed by atoms with van der Waals surface area (Å²) in [5, 5.41) is 26.2. The van der Waals surface area contributed by atoms with Crippen molar-refractivity contribution < 1.29 is 20.1 Å². The number of aliphatic hydroxyl groups excluding tert-OH is 1. The fraction of sp³-hybridized carbons (Fsp3) is 0.857. The Labute approximate surface area is 65.5 Å². The Morgan fingerprint density at radius 2 is 2.00 bits per heavy atom. The number of aliphatic hydroxyl groups is 2. The van der Waals surface area contributed by atoms with E-state index in [4.69, 9.17) is 15.3 Å². The monoisotopic (exact) mass is 162 g/mol. The molecule has 0 saturated heterocycles. The lowest BCUT2D eigenvalue weighted by Crippen LogP contribution is -2.25. The molecule has 0 aromatic heterocycles. The first kappa shape index (κ1) is 10.4. The number of hydrogen-bond acceptors (Lipinski definition) is 3. The molecule has 0 rings (SSSR count). The van der Waals surface area contributed by atoms with Gasteiger partial charge in [-0.3, -0.25) is 0 Å². The second-order valence-corrected chi connectivity index (χ2v) is 3.21. The average Bonchev–Trinajstić information content (AvgIpc) is 1.80. The summed E-state index contributed by atoms with van der Waals surface area (Å²) >= 11 is 0. The largest absolute Gasteiger partial charge is 0.479 e. The molecule has 0 aliphatic heterocycles. The molecule has 1 unspecified atom stereocenters. The summed E-state index contributed by atoms with van der Waals surface area (Å²) in [5.41, 5.74) is -0.906. The average molecular weight is 162 g/mol. The van der Waals surface area contributed by atoms with Crippen LogP contribution >= 0.6 is 0 Å². The van der Waals surface area contributed by atoms with Crippen LogP contribution in [0.3, 0.4) is 0 Å². The molecule has 1 atom stereocenters. The number of carboxylic acids is 1. The van der Waals surface area contributed by atoms with Crippen LogP contribution in [0, 0.1) is 0 Å². The van der Waals surface area contributed by atoms with Gasteiger partial charge < -0.3 is 15.3 Å². The predicted molar refractivity (Wildman–Crippen MR) is 39.2 cm³/mol. The van der Waals surface area contributed by atoms with Crippen LogP contribution in [0.5, 0.6) is 0 Å². The van der Waals surface area contributed by atoms with Crippen molar-refractivity contribution in [1.82, 2.24) is 0 Å². The van der Waals surface area contributed by atoms with E-state index in [2.05, 4.69) is 0 Å². The minimum absolute atomic E-state index is 0.0822. The molecular weight excluding hydrogens is 148 g/mol. The fourth-order valence-corrected chi connectivity index (χ4v) is 0.613. The van der Waals surface area contributed by atoms with Crippen LogP contribution in [0.15, 0.2) is 0 Å². The second kappa shape index (κ2) is 3.69. The highest BCUT2D eigenvalue weighted by Gasteiger charge is 2.18. The molecule has 0 aliphatic rings. The van der Waals surface area contributed by atoms with Crippen molar-refractivity contribution in [2.75, 3.05) is 0 Å². The standard InChI is InChI=1S/C7H14O4/c1-7(2,11)4-3-5(8)6(9)10/h5,8,11H,3-4H2,1-2H3,(H,9,10). The first-order valence-electron chi connectivity index (χ1n) is 3.46. The van der Waals surface area contributed by atoms with E-state index >= 15 is 0 Å². The number of carboxylic acid groups (broad SMARTS) is 1. The third-order valence-corrected chi connectivity index (χ3v) is 1.31. The molecule has 66 valence electrons. The van der Waals surface area contributed by atoms with Crippen molar-refractivity contribution in [2.24, 2.45) is 0 Å². The van der Waals surface area contributed by atoms with Gasteiger partial charge in [0.15, 0.2) is 6.10 Å². The Morgan fingerprint density at radius 1 is 1.55 bits per heavy atom. The van der Waals surface area contributed by atoms with Crippen molar-refractivity contribution >= 4 is 5.97 Å². The normalized spacial score (nSPS) is 14.5. The number of aliphatic carboxylic acids is 1. The molecule has 0 fully saturated rings. The van der Waals surface area contributed by atoms with Gasteiger partial charge in [0.25, 0.3) is 0 Å². The summed E-state index contributed by atoms with van der Waals surface area (Å²) in [6, 6.07) is 0. The summed E-state index contributed by atoms with van der Waals surface area (Å²) < 4.78 is 0. The predicted octanol–water partition coefficient (Wildman–Crippen LogP) is -0.0170. The van der Waals surface area contributed by atoms with Crippen LogP contribution in [0.1, 0.15) is 26.7 Å². The minimum Gasteiger partial charge on any atom is -0.479 e. The maximum Gasteiger partial charge on any atom is 0.332 e. The summed E-state index contributed by atoms with van der Waals surface area (Å²) in [7, 11) is 0. The van der Waals surface area contributed by atoms with Gasteiger partial charge >= 0.3 is 5.97 Å². The van der Waals surface area contributed by atoms with Crippen molar-refractivity contribution in [2.45, 2.75) is 38.4 Å². The summed E-state index contributed by atoms with van der Waals surface area (Å²) in [5.74, 6) is -1.24. The molecule has 4 heteroatoms. The zero-order chi connectivity index (χ0) is 9.07. The van der Waals surface area contributed by atoms with E-state index in [1.807, 2.05) is 0 Å². The third kappa shape index (κ3) is 5.82. The fourth-order valence-electron chi connectivity index (χ4n) is 0.613. The molecule has 4 nitrogen and oxygen atoms in total. The van der Waals surface area contributed by atoms with Gasteiger partial charge in [0.05, 0.1) is 5.60 Å². The zero-order valence-electron chi connectivity index (χ0n) is 6.74. The molecule has 0 aromatic carbocycles. The van der Waals surface area contributed by atoms with E-state index in [9.17, 15) is 4.79 Å². The van der Waals surface area contributed by atoms with Crippen molar-refractivity contribution in [1.29, 1.82) is 0 Å². The summed E-state index contributed by atoms with van der Waals surface area (Å²) in [6.45, 7) is 3.14. The van der Waals surface area contributed by atoms with Crippen LogP contribution in [0.25, 0.3) is 0 Å². The molecule has 0 aromatic rings. The molecule has 0 heterocycles. The number of carbonyl (C=O) groups is 1. The van der Waals surface area contributed by atoms with Crippen LogP contribution in [0.4, 0.5) is 0 Å². The maximum absolute atomic E-state index is 10.1. The van der Waals surface area contributed by atoms with Gasteiger partial charge in [-0.05, 0) is 26.7 Å². The SMILES string of the molecule is CC(C)(O)CCC(O)C(=O)O. The smallest absolute Gasteiger partial charge is 0.332 e. The Hall–Kier alpha value is -0.610. The minimum atomic E-state index is -1.36. The van der Waals surface area contributed by atoms with Gasteiger partial charge in [-0.2, -0.15) is 0 Å². The topological polar surface area (TPSA) is 77.8 Å². The molecule has 0 bridgehead atoms. The highest BCUT2D eigenvalue weighted by molar-refractivity contribution is 5.71. The number of rotatable bonds is 4. The van der Waals surface area contributed by atoms with Gasteiger partial charge in [0.2, 0.25) is 0 Å². The molecule has 11 heavy (non-hydrogen) atoms. The Bertz CT molecular complexity index is 136. The highest BCUT2D eigenvalue weighted by atomic mass is 16.4. The molecular formula is C7H14O4. The van der Waals surface area contributed by atoms with Gasteiger partial charge in [0.1, 0.15) is 0 Å². The first-order chi connectivity index (χ1) is 4.83. The maximum atomic E-state index is 10.1. The first-order valence-corrected chi connectivity index (χ1v) is 3.46. The highest BCUT2D eigenvalue weighted by Crippen LogP contribution is 2.11.